The van der Waals surface area contributed by atoms with Crippen molar-refractivity contribution in [1.29, 1.82) is 0 Å². The van der Waals surface area contributed by atoms with Crippen LogP contribution in [0.25, 0.3) is 10.9 Å². The lowest BCUT2D eigenvalue weighted by atomic mass is 10.1. The Labute approximate surface area is 188 Å². The number of carbonyl (C=O) groups is 1. The molecule has 0 spiro atoms. The molecule has 2 aromatic carbocycles. The fourth-order valence-corrected chi connectivity index (χ4v) is 3.89. The van der Waals surface area contributed by atoms with Crippen molar-refractivity contribution in [3.05, 3.63) is 35.6 Å². The van der Waals surface area contributed by atoms with Crippen LogP contribution in [0.2, 0.25) is 5.02 Å². The summed E-state index contributed by atoms with van der Waals surface area (Å²) in [6.45, 7) is 2.70. The summed E-state index contributed by atoms with van der Waals surface area (Å²) in [5.74, 6) is 1.97. The van der Waals surface area contributed by atoms with Crippen molar-refractivity contribution in [2.24, 2.45) is 0 Å². The van der Waals surface area contributed by atoms with Crippen LogP contribution in [-0.2, 0) is 9.53 Å². The van der Waals surface area contributed by atoms with E-state index in [0.29, 0.717) is 63.6 Å². The minimum atomic E-state index is -0.433. The number of rotatable bonds is 5. The van der Waals surface area contributed by atoms with Gasteiger partial charge in [0, 0.05) is 31.9 Å². The van der Waals surface area contributed by atoms with Gasteiger partial charge in [0.2, 0.25) is 6.79 Å². The van der Waals surface area contributed by atoms with E-state index in [2.05, 4.69) is 15.3 Å². The van der Waals surface area contributed by atoms with Gasteiger partial charge in [0.25, 0.3) is 0 Å². The monoisotopic (exact) mass is 457 g/mol. The molecule has 166 valence electrons. The molecule has 32 heavy (non-hydrogen) atoms. The Kier molecular flexibility index (Phi) is 5.59. The highest BCUT2D eigenvalue weighted by molar-refractivity contribution is 6.34. The predicted molar refractivity (Wildman–Crippen MR) is 116 cm³/mol. The molecule has 0 bridgehead atoms. The van der Waals surface area contributed by atoms with Crippen LogP contribution in [0.15, 0.2) is 30.6 Å². The molecule has 1 fully saturated rings. The average molecular weight is 458 g/mol. The number of halogens is 1. The number of nitrogens with zero attached hydrogens (tertiary/aromatic N) is 2. The zero-order valence-corrected chi connectivity index (χ0v) is 18.0. The topological polar surface area (TPSA) is 101 Å². The molecular formula is C22H20ClN3O6. The molecule has 3 heterocycles. The highest BCUT2D eigenvalue weighted by Crippen LogP contribution is 2.46. The Bertz CT molecular complexity index is 1180. The normalized spacial score (nSPS) is 15.6. The van der Waals surface area contributed by atoms with E-state index in [4.69, 9.17) is 35.3 Å². The minimum absolute atomic E-state index is 0.0473. The van der Waals surface area contributed by atoms with Gasteiger partial charge >= 0.3 is 5.97 Å². The number of benzene rings is 2. The molecule has 10 heteroatoms. The fourth-order valence-electron chi connectivity index (χ4n) is 3.70. The lowest BCUT2D eigenvalue weighted by Crippen LogP contribution is -2.26. The molecule has 2 aliphatic rings. The molecule has 0 aliphatic carbocycles. The molecule has 1 aromatic heterocycles. The van der Waals surface area contributed by atoms with Gasteiger partial charge in [-0.2, -0.15) is 0 Å². The van der Waals surface area contributed by atoms with Crippen molar-refractivity contribution < 1.29 is 28.5 Å². The van der Waals surface area contributed by atoms with Gasteiger partial charge < -0.3 is 29.0 Å². The molecule has 0 atom stereocenters. The zero-order valence-electron chi connectivity index (χ0n) is 17.2. The second-order valence-electron chi connectivity index (χ2n) is 7.34. The molecule has 5 rings (SSSR count). The van der Waals surface area contributed by atoms with Crippen LogP contribution < -0.4 is 24.3 Å². The standard InChI is InChI=1S/C22H20ClN3O6/c1-12(27)31-14-8-16-19(18(9-14)32-13-4-6-28-7-5-13)22(25-10-24-16)26-20-15(23)2-3-17-21(20)30-11-29-17/h2-3,8-10,13H,4-7,11H2,1H3,(H,24,25,26). The Hall–Kier alpha value is -3.30. The Morgan fingerprint density at radius 2 is 2.03 bits per heavy atom. The molecule has 0 amide bonds. The Morgan fingerprint density at radius 1 is 1.19 bits per heavy atom. The third-order valence-corrected chi connectivity index (χ3v) is 5.45. The van der Waals surface area contributed by atoms with E-state index in [1.54, 1.807) is 24.3 Å². The number of ether oxygens (including phenoxy) is 5. The maximum atomic E-state index is 11.5. The van der Waals surface area contributed by atoms with Gasteiger partial charge in [-0.25, -0.2) is 9.97 Å². The Balaban J connectivity index is 1.60. The first kappa shape index (κ1) is 20.6. The number of nitrogens with one attached hydrogen (secondary N) is 1. The number of anilines is 2. The summed E-state index contributed by atoms with van der Waals surface area (Å²) < 4.78 is 28.1. The van der Waals surface area contributed by atoms with Gasteiger partial charge in [0.1, 0.15) is 35.4 Å². The lowest BCUT2D eigenvalue weighted by Gasteiger charge is -2.24. The number of aromatic nitrogens is 2. The van der Waals surface area contributed by atoms with Crippen LogP contribution >= 0.6 is 11.6 Å². The van der Waals surface area contributed by atoms with Crippen molar-refractivity contribution >= 4 is 40.0 Å². The number of hydrogen-bond acceptors (Lipinski definition) is 9. The highest BCUT2D eigenvalue weighted by Gasteiger charge is 2.24. The van der Waals surface area contributed by atoms with E-state index in [0.717, 1.165) is 12.8 Å². The summed E-state index contributed by atoms with van der Waals surface area (Å²) >= 11 is 6.44. The molecule has 2 aliphatic heterocycles. The zero-order chi connectivity index (χ0) is 22.1. The van der Waals surface area contributed by atoms with Crippen LogP contribution in [-0.4, -0.2) is 42.0 Å². The van der Waals surface area contributed by atoms with Crippen LogP contribution in [0.3, 0.4) is 0 Å². The van der Waals surface area contributed by atoms with Crippen molar-refractivity contribution in [3.63, 3.8) is 0 Å². The summed E-state index contributed by atoms with van der Waals surface area (Å²) in [6, 6.07) is 6.81. The summed E-state index contributed by atoms with van der Waals surface area (Å²) in [5.41, 5.74) is 1.08. The third-order valence-electron chi connectivity index (χ3n) is 5.13. The van der Waals surface area contributed by atoms with Gasteiger partial charge in [-0.3, -0.25) is 4.79 Å². The van der Waals surface area contributed by atoms with E-state index in [1.807, 2.05) is 0 Å². The summed E-state index contributed by atoms with van der Waals surface area (Å²) in [5, 5.41) is 4.33. The van der Waals surface area contributed by atoms with Gasteiger partial charge in [-0.05, 0) is 12.1 Å². The van der Waals surface area contributed by atoms with E-state index in [9.17, 15) is 4.79 Å². The summed E-state index contributed by atoms with van der Waals surface area (Å²) in [6.07, 6.45) is 2.86. The summed E-state index contributed by atoms with van der Waals surface area (Å²) in [7, 11) is 0. The second-order valence-corrected chi connectivity index (χ2v) is 7.75. The van der Waals surface area contributed by atoms with Crippen molar-refractivity contribution in [2.75, 3.05) is 25.3 Å². The van der Waals surface area contributed by atoms with Gasteiger partial charge in [-0.15, -0.1) is 0 Å². The second kappa shape index (κ2) is 8.68. The van der Waals surface area contributed by atoms with Crippen LogP contribution in [0.5, 0.6) is 23.0 Å². The Morgan fingerprint density at radius 3 is 2.84 bits per heavy atom. The molecule has 1 N–H and O–H groups in total. The number of carbonyl (C=O) groups excluding carboxylic acids is 1. The number of hydrogen-bond donors (Lipinski definition) is 1. The minimum Gasteiger partial charge on any atom is -0.489 e. The van der Waals surface area contributed by atoms with Crippen LogP contribution in [0, 0.1) is 0 Å². The largest absolute Gasteiger partial charge is 0.489 e. The summed E-state index contributed by atoms with van der Waals surface area (Å²) in [4.78, 5) is 20.3. The molecule has 0 radical (unpaired) electrons. The van der Waals surface area contributed by atoms with E-state index < -0.39 is 5.97 Å². The SMILES string of the molecule is CC(=O)Oc1cc(OC2CCOCC2)c2c(Nc3c(Cl)ccc4c3OCO4)ncnc2c1. The van der Waals surface area contributed by atoms with Crippen LogP contribution in [0.1, 0.15) is 19.8 Å². The maximum Gasteiger partial charge on any atom is 0.308 e. The number of fused-ring (bicyclic) bond motifs is 2. The smallest absolute Gasteiger partial charge is 0.308 e. The van der Waals surface area contributed by atoms with Crippen molar-refractivity contribution in [1.82, 2.24) is 9.97 Å². The van der Waals surface area contributed by atoms with Gasteiger partial charge in [0.15, 0.2) is 11.5 Å². The van der Waals surface area contributed by atoms with E-state index in [1.165, 1.54) is 13.3 Å². The van der Waals surface area contributed by atoms with Gasteiger partial charge in [-0.1, -0.05) is 11.6 Å². The van der Waals surface area contributed by atoms with E-state index in [-0.39, 0.29) is 12.9 Å². The molecule has 3 aromatic rings. The van der Waals surface area contributed by atoms with Crippen molar-refractivity contribution in [2.45, 2.75) is 25.9 Å². The molecule has 1 saturated heterocycles. The molecule has 0 unspecified atom stereocenters. The fraction of sp³-hybridized carbons (Fsp3) is 0.318. The third kappa shape index (κ3) is 4.09. The number of esters is 1. The molecule has 9 nitrogen and oxygen atoms in total. The predicted octanol–water partition coefficient (Wildman–Crippen LogP) is 4.24. The van der Waals surface area contributed by atoms with Gasteiger partial charge in [0.05, 0.1) is 29.1 Å². The van der Waals surface area contributed by atoms with Crippen LogP contribution in [0.4, 0.5) is 11.5 Å². The van der Waals surface area contributed by atoms with E-state index >= 15 is 0 Å². The van der Waals surface area contributed by atoms with Crippen molar-refractivity contribution in [3.8, 4) is 23.0 Å². The molecular weight excluding hydrogens is 438 g/mol. The molecule has 0 saturated carbocycles. The lowest BCUT2D eigenvalue weighted by molar-refractivity contribution is -0.131. The first-order valence-electron chi connectivity index (χ1n) is 10.1. The average Bonchev–Trinajstić information content (AvgIpc) is 3.25. The maximum absolute atomic E-state index is 11.5. The first-order valence-corrected chi connectivity index (χ1v) is 10.5. The highest BCUT2D eigenvalue weighted by atomic mass is 35.5. The first-order chi connectivity index (χ1) is 15.6. The quantitative estimate of drug-likeness (QED) is 0.445.